The van der Waals surface area contributed by atoms with Gasteiger partial charge in [-0.15, -0.1) is 0 Å². The molecule has 0 atom stereocenters. The summed E-state index contributed by atoms with van der Waals surface area (Å²) in [6, 6.07) is 10.8. The maximum Gasteiger partial charge on any atom is 0.261 e. The van der Waals surface area contributed by atoms with Crippen LogP contribution in [-0.4, -0.2) is 47.2 Å². The van der Waals surface area contributed by atoms with Gasteiger partial charge in [-0.1, -0.05) is 22.0 Å². The smallest absolute Gasteiger partial charge is 0.261 e. The van der Waals surface area contributed by atoms with Gasteiger partial charge in [0.25, 0.3) is 11.8 Å². The lowest BCUT2D eigenvalue weighted by molar-refractivity contribution is -0.121. The lowest BCUT2D eigenvalue weighted by Gasteiger charge is -2.13. The highest BCUT2D eigenvalue weighted by Gasteiger charge is 2.35. The van der Waals surface area contributed by atoms with Crippen LogP contribution in [0.3, 0.4) is 0 Å². The molecule has 7 nitrogen and oxygen atoms in total. The maximum absolute atomic E-state index is 12.4. The van der Waals surface area contributed by atoms with Crippen LogP contribution in [-0.2, 0) is 4.79 Å². The van der Waals surface area contributed by atoms with Gasteiger partial charge in [-0.25, -0.2) is 4.98 Å². The third kappa shape index (κ3) is 5.63. The van der Waals surface area contributed by atoms with E-state index in [1.165, 1.54) is 4.90 Å². The van der Waals surface area contributed by atoms with Crippen molar-refractivity contribution in [1.82, 2.24) is 15.2 Å². The van der Waals surface area contributed by atoms with E-state index in [4.69, 9.17) is 0 Å². The minimum atomic E-state index is -0.299. The molecule has 1 aromatic heterocycles. The van der Waals surface area contributed by atoms with Crippen LogP contribution in [0.5, 0.6) is 0 Å². The first kappa shape index (κ1) is 21.0. The highest BCUT2D eigenvalue weighted by molar-refractivity contribution is 9.10. The van der Waals surface area contributed by atoms with Crippen LogP contribution in [0.1, 0.15) is 46.4 Å². The van der Waals surface area contributed by atoms with Crippen LogP contribution in [0.25, 0.3) is 0 Å². The average molecular weight is 459 g/mol. The zero-order chi connectivity index (χ0) is 20.6. The number of aromatic nitrogens is 1. The molecule has 0 unspecified atom stereocenters. The van der Waals surface area contributed by atoms with Gasteiger partial charge in [-0.05, 0) is 49.6 Å². The molecule has 3 amide bonds. The number of nitrogens with one attached hydrogen (secondary N) is 2. The number of carbonyl (C=O) groups excluding carboxylic acids is 3. The number of nitrogens with zero attached hydrogens (tertiary/aromatic N) is 2. The number of pyridine rings is 1. The maximum atomic E-state index is 12.4. The van der Waals surface area contributed by atoms with Crippen molar-refractivity contribution in [2.45, 2.75) is 25.7 Å². The molecule has 3 rings (SSSR count). The topological polar surface area (TPSA) is 91.4 Å². The Kier molecular flexibility index (Phi) is 7.35. The van der Waals surface area contributed by atoms with E-state index in [-0.39, 0.29) is 30.7 Å². The fourth-order valence-corrected chi connectivity index (χ4v) is 3.47. The Bertz CT molecular complexity index is 889. The zero-order valence-electron chi connectivity index (χ0n) is 16.0. The van der Waals surface area contributed by atoms with Crippen LogP contribution in [0.15, 0.2) is 47.1 Å². The summed E-state index contributed by atoms with van der Waals surface area (Å²) in [5.74, 6) is 0.185. The molecule has 0 saturated carbocycles. The largest absolute Gasteiger partial charge is 0.370 e. The van der Waals surface area contributed by atoms with Crippen molar-refractivity contribution < 1.29 is 14.4 Å². The molecule has 0 bridgehead atoms. The summed E-state index contributed by atoms with van der Waals surface area (Å²) in [6.45, 7) is 1.64. The Morgan fingerprint density at radius 3 is 2.59 bits per heavy atom. The van der Waals surface area contributed by atoms with Gasteiger partial charge >= 0.3 is 0 Å². The monoisotopic (exact) mass is 458 g/mol. The molecule has 0 radical (unpaired) electrons. The van der Waals surface area contributed by atoms with E-state index in [9.17, 15) is 14.4 Å². The minimum absolute atomic E-state index is 0.0676. The van der Waals surface area contributed by atoms with Crippen molar-refractivity contribution in [1.29, 1.82) is 0 Å². The third-order valence-electron chi connectivity index (χ3n) is 4.62. The first-order valence-corrected chi connectivity index (χ1v) is 10.4. The summed E-state index contributed by atoms with van der Waals surface area (Å²) in [6.07, 6.45) is 4.24. The Morgan fingerprint density at radius 2 is 1.79 bits per heavy atom. The number of hydrogen-bond donors (Lipinski definition) is 2. The van der Waals surface area contributed by atoms with Gasteiger partial charge in [-0.3, -0.25) is 19.3 Å². The number of fused-ring (bicyclic) bond motifs is 1. The fraction of sp³-hybridized carbons (Fsp3) is 0.333. The van der Waals surface area contributed by atoms with Crippen molar-refractivity contribution in [3.05, 3.63) is 58.2 Å². The minimum Gasteiger partial charge on any atom is -0.370 e. The number of benzene rings is 1. The van der Waals surface area contributed by atoms with Gasteiger partial charge in [-0.2, -0.15) is 0 Å². The molecule has 8 heteroatoms. The van der Waals surface area contributed by atoms with Gasteiger partial charge in [0.1, 0.15) is 5.82 Å². The number of hydrogen-bond acceptors (Lipinski definition) is 5. The fourth-order valence-electron chi connectivity index (χ4n) is 3.11. The van der Waals surface area contributed by atoms with Crippen LogP contribution >= 0.6 is 15.9 Å². The second-order valence-electron chi connectivity index (χ2n) is 6.75. The Morgan fingerprint density at radius 1 is 1.00 bits per heavy atom. The first-order valence-electron chi connectivity index (χ1n) is 9.63. The zero-order valence-corrected chi connectivity index (χ0v) is 17.6. The highest BCUT2D eigenvalue weighted by Crippen LogP contribution is 2.26. The molecular formula is C21H23BrN4O3. The van der Waals surface area contributed by atoms with Crippen molar-refractivity contribution in [2.24, 2.45) is 0 Å². The lowest BCUT2D eigenvalue weighted by Crippen LogP contribution is -2.32. The molecule has 1 aliphatic heterocycles. The number of unbranched alkanes of at least 4 members (excludes halogenated alkanes) is 1. The predicted molar refractivity (Wildman–Crippen MR) is 114 cm³/mol. The van der Waals surface area contributed by atoms with E-state index in [2.05, 4.69) is 31.5 Å². The summed E-state index contributed by atoms with van der Waals surface area (Å²) < 4.78 is 0.758. The molecule has 152 valence electrons. The molecule has 0 spiro atoms. The Labute approximate surface area is 178 Å². The second-order valence-corrected chi connectivity index (χ2v) is 7.67. The molecule has 2 aromatic rings. The van der Waals surface area contributed by atoms with Gasteiger partial charge in [0.2, 0.25) is 5.91 Å². The van der Waals surface area contributed by atoms with Crippen molar-refractivity contribution in [3.63, 3.8) is 0 Å². The van der Waals surface area contributed by atoms with Crippen molar-refractivity contribution >= 4 is 39.5 Å². The molecule has 0 aliphatic carbocycles. The number of rotatable bonds is 10. The molecule has 2 N–H and O–H groups in total. The quantitative estimate of drug-likeness (QED) is 0.421. The van der Waals surface area contributed by atoms with E-state index in [1.54, 1.807) is 24.4 Å². The molecule has 0 fully saturated rings. The van der Waals surface area contributed by atoms with E-state index in [1.807, 2.05) is 18.2 Å². The van der Waals surface area contributed by atoms with E-state index < -0.39 is 0 Å². The molecule has 0 saturated heterocycles. The molecule has 29 heavy (non-hydrogen) atoms. The number of amides is 3. The van der Waals surface area contributed by atoms with Crippen LogP contribution in [0.4, 0.5) is 5.82 Å². The molecule has 2 heterocycles. The number of halogens is 1. The van der Waals surface area contributed by atoms with Gasteiger partial charge in [0.15, 0.2) is 0 Å². The Hall–Kier alpha value is -2.74. The number of carbonyl (C=O) groups is 3. The lowest BCUT2D eigenvalue weighted by atomic mass is 10.1. The summed E-state index contributed by atoms with van der Waals surface area (Å²) in [5.41, 5.74) is 0.829. The summed E-state index contributed by atoms with van der Waals surface area (Å²) in [7, 11) is 0. The number of imide groups is 1. The van der Waals surface area contributed by atoms with Crippen LogP contribution in [0.2, 0.25) is 0 Å². The molecule has 1 aromatic carbocycles. The van der Waals surface area contributed by atoms with Gasteiger partial charge in [0.05, 0.1) is 11.1 Å². The Balaban J connectivity index is 1.29. The van der Waals surface area contributed by atoms with Crippen molar-refractivity contribution in [2.75, 3.05) is 25.0 Å². The average Bonchev–Trinajstić information content (AvgIpc) is 2.95. The summed E-state index contributed by atoms with van der Waals surface area (Å²) >= 11 is 3.31. The van der Waals surface area contributed by atoms with Gasteiger partial charge < -0.3 is 10.6 Å². The van der Waals surface area contributed by atoms with E-state index >= 15 is 0 Å². The third-order valence-corrected chi connectivity index (χ3v) is 5.11. The standard InChI is InChI=1S/C21H23BrN4O3/c22-15-8-9-16-17(14-15)21(29)26(20(16)28)13-5-7-19(27)25-12-4-3-11-24-18-6-1-2-10-23-18/h1-2,6,8-10,14H,3-5,7,11-13H2,(H,23,24)(H,25,27). The molecule has 1 aliphatic rings. The van der Waals surface area contributed by atoms with E-state index in [0.29, 0.717) is 24.1 Å². The molecular weight excluding hydrogens is 436 g/mol. The predicted octanol–water partition coefficient (Wildman–Crippen LogP) is 3.23. The van der Waals surface area contributed by atoms with Crippen LogP contribution in [0, 0.1) is 0 Å². The summed E-state index contributed by atoms with van der Waals surface area (Å²) in [5, 5.41) is 6.10. The number of anilines is 1. The van der Waals surface area contributed by atoms with Crippen LogP contribution < -0.4 is 10.6 Å². The van der Waals surface area contributed by atoms with Gasteiger partial charge in [0, 0.05) is 36.7 Å². The SMILES string of the molecule is O=C(CCCN1C(=O)c2ccc(Br)cc2C1=O)NCCCCNc1ccccn1. The first-order chi connectivity index (χ1) is 14.1. The highest BCUT2D eigenvalue weighted by atomic mass is 79.9. The normalized spacial score (nSPS) is 12.8. The van der Waals surface area contributed by atoms with E-state index in [0.717, 1.165) is 29.7 Å². The summed E-state index contributed by atoms with van der Waals surface area (Å²) in [4.78, 5) is 42.1. The second kappa shape index (κ2) is 10.2. The van der Waals surface area contributed by atoms with Crippen molar-refractivity contribution in [3.8, 4) is 0 Å².